The van der Waals surface area contributed by atoms with Crippen molar-refractivity contribution >= 4 is 22.4 Å². The summed E-state index contributed by atoms with van der Waals surface area (Å²) >= 11 is 1.60. The van der Waals surface area contributed by atoms with Crippen molar-refractivity contribution in [2.75, 3.05) is 18.0 Å². The molecule has 1 atom stereocenters. The number of nitrogens with one attached hydrogen (secondary N) is 1. The average molecular weight is 319 g/mol. The molecule has 22 heavy (non-hydrogen) atoms. The zero-order valence-corrected chi connectivity index (χ0v) is 13.6. The summed E-state index contributed by atoms with van der Waals surface area (Å²) in [6, 6.07) is 8.50. The first-order valence-corrected chi connectivity index (χ1v) is 8.18. The molecule has 1 heterocycles. The summed E-state index contributed by atoms with van der Waals surface area (Å²) in [7, 11) is 0. The molecular weight excluding hydrogens is 298 g/mol. The Labute approximate surface area is 134 Å². The van der Waals surface area contributed by atoms with Gasteiger partial charge in [-0.1, -0.05) is 30.3 Å². The van der Waals surface area contributed by atoms with Gasteiger partial charge >= 0.3 is 5.97 Å². The van der Waals surface area contributed by atoms with Gasteiger partial charge in [-0.15, -0.1) is 11.3 Å². The lowest BCUT2D eigenvalue weighted by molar-refractivity contribution is -0.139. The van der Waals surface area contributed by atoms with Crippen molar-refractivity contribution in [3.05, 3.63) is 47.0 Å². The third-order valence-electron chi connectivity index (χ3n) is 3.44. The second kappa shape index (κ2) is 7.91. The summed E-state index contributed by atoms with van der Waals surface area (Å²) in [5, 5.41) is 13.5. The van der Waals surface area contributed by atoms with E-state index < -0.39 is 12.0 Å². The monoisotopic (exact) mass is 319 g/mol. The van der Waals surface area contributed by atoms with Crippen molar-refractivity contribution < 1.29 is 9.90 Å². The largest absolute Gasteiger partial charge is 0.480 e. The molecular formula is C16H21N3O2S. The lowest BCUT2D eigenvalue weighted by Gasteiger charge is -2.16. The Morgan fingerprint density at radius 1 is 1.32 bits per heavy atom. The zero-order chi connectivity index (χ0) is 15.9. The van der Waals surface area contributed by atoms with Crippen LogP contribution in [-0.4, -0.2) is 29.1 Å². The van der Waals surface area contributed by atoms with Crippen molar-refractivity contribution in [3.63, 3.8) is 0 Å². The smallest absolute Gasteiger partial charge is 0.325 e. The number of carboxylic acid groups (broad SMARTS) is 1. The fourth-order valence-corrected chi connectivity index (χ4v) is 3.20. The lowest BCUT2D eigenvalue weighted by Crippen LogP contribution is -2.27. The van der Waals surface area contributed by atoms with Gasteiger partial charge in [0.2, 0.25) is 0 Å². The van der Waals surface area contributed by atoms with Gasteiger partial charge in [-0.2, -0.15) is 0 Å². The summed E-state index contributed by atoms with van der Waals surface area (Å²) < 4.78 is 0. The van der Waals surface area contributed by atoms with Gasteiger partial charge < -0.3 is 10.0 Å². The first-order valence-electron chi connectivity index (χ1n) is 7.36. The van der Waals surface area contributed by atoms with Crippen molar-refractivity contribution in [1.29, 1.82) is 0 Å². The predicted molar refractivity (Wildman–Crippen MR) is 89.3 cm³/mol. The van der Waals surface area contributed by atoms with Crippen LogP contribution in [-0.2, 0) is 11.3 Å². The molecule has 0 aliphatic heterocycles. The number of hydrogen-bond acceptors (Lipinski definition) is 5. The number of aliphatic carboxylic acids is 1. The van der Waals surface area contributed by atoms with E-state index in [1.54, 1.807) is 11.3 Å². The van der Waals surface area contributed by atoms with Crippen LogP contribution in [0.25, 0.3) is 0 Å². The molecule has 0 aliphatic carbocycles. The predicted octanol–water partition coefficient (Wildman–Crippen LogP) is 2.90. The average Bonchev–Trinajstić information content (AvgIpc) is 2.98. The van der Waals surface area contributed by atoms with Crippen LogP contribution in [0.3, 0.4) is 0 Å². The highest BCUT2D eigenvalue weighted by Crippen LogP contribution is 2.23. The van der Waals surface area contributed by atoms with Gasteiger partial charge in [-0.25, -0.2) is 4.98 Å². The van der Waals surface area contributed by atoms with Crippen molar-refractivity contribution in [2.24, 2.45) is 0 Å². The first kappa shape index (κ1) is 16.5. The minimum atomic E-state index is -0.875. The molecule has 1 aromatic heterocycles. The number of benzene rings is 1. The molecule has 0 unspecified atom stereocenters. The molecule has 6 heteroatoms. The third-order valence-corrected chi connectivity index (χ3v) is 4.49. The van der Waals surface area contributed by atoms with E-state index in [-0.39, 0.29) is 0 Å². The molecule has 0 aliphatic rings. The number of rotatable bonds is 8. The number of nitrogens with zero attached hydrogens (tertiary/aromatic N) is 2. The number of thiazole rings is 1. The van der Waals surface area contributed by atoms with Crippen LogP contribution in [0.1, 0.15) is 30.3 Å². The molecule has 0 spiro atoms. The third kappa shape index (κ3) is 4.05. The highest BCUT2D eigenvalue weighted by Gasteiger charge is 2.19. The molecule has 2 N–H and O–H groups in total. The maximum absolute atomic E-state index is 11.4. The van der Waals surface area contributed by atoms with Crippen LogP contribution >= 0.6 is 11.3 Å². The van der Waals surface area contributed by atoms with E-state index in [1.165, 1.54) is 0 Å². The number of carbonyl (C=O) groups is 1. The SMILES string of the molecule is CCN(CC)c1ncc(CN[C@H](C(=O)O)c2ccccc2)s1. The van der Waals surface area contributed by atoms with Crippen molar-refractivity contribution in [3.8, 4) is 0 Å². The molecule has 5 nitrogen and oxygen atoms in total. The number of aromatic nitrogens is 1. The number of hydrogen-bond donors (Lipinski definition) is 2. The minimum absolute atomic E-state index is 0.491. The van der Waals surface area contributed by atoms with E-state index in [9.17, 15) is 9.90 Å². The van der Waals surface area contributed by atoms with Crippen LogP contribution in [0.15, 0.2) is 36.5 Å². The van der Waals surface area contributed by atoms with Gasteiger partial charge in [0, 0.05) is 30.7 Å². The van der Waals surface area contributed by atoms with Gasteiger partial charge in [0.15, 0.2) is 5.13 Å². The van der Waals surface area contributed by atoms with E-state index in [1.807, 2.05) is 36.5 Å². The molecule has 0 radical (unpaired) electrons. The van der Waals surface area contributed by atoms with Gasteiger partial charge in [0.1, 0.15) is 6.04 Å². The summed E-state index contributed by atoms with van der Waals surface area (Å²) in [4.78, 5) is 19.1. The van der Waals surface area contributed by atoms with E-state index in [2.05, 4.69) is 29.0 Å². The standard InChI is InChI=1S/C16H21N3O2S/c1-3-19(4-2)16-18-11-13(22-16)10-17-14(15(20)21)12-8-6-5-7-9-12/h5-9,11,14,17H,3-4,10H2,1-2H3,(H,20,21)/t14-/m0/s1. The zero-order valence-electron chi connectivity index (χ0n) is 12.8. The Morgan fingerprint density at radius 2 is 2.00 bits per heavy atom. The summed E-state index contributed by atoms with van der Waals surface area (Å²) in [6.07, 6.45) is 1.81. The lowest BCUT2D eigenvalue weighted by atomic mass is 10.1. The maximum Gasteiger partial charge on any atom is 0.325 e. The van der Waals surface area contributed by atoms with Crippen molar-refractivity contribution in [1.82, 2.24) is 10.3 Å². The molecule has 2 rings (SSSR count). The number of carboxylic acids is 1. The fourth-order valence-electron chi connectivity index (χ4n) is 2.22. The minimum Gasteiger partial charge on any atom is -0.480 e. The summed E-state index contributed by atoms with van der Waals surface area (Å²) in [5.74, 6) is -0.875. The topological polar surface area (TPSA) is 65.5 Å². The Balaban J connectivity index is 2.03. The number of anilines is 1. The fraction of sp³-hybridized carbons (Fsp3) is 0.375. The second-order valence-corrected chi connectivity index (χ2v) is 5.94. The van der Waals surface area contributed by atoms with Gasteiger partial charge in [0.05, 0.1) is 0 Å². The molecule has 0 bridgehead atoms. The molecule has 118 valence electrons. The van der Waals surface area contributed by atoms with E-state index >= 15 is 0 Å². The Bertz CT molecular complexity index is 596. The van der Waals surface area contributed by atoms with Crippen molar-refractivity contribution in [2.45, 2.75) is 26.4 Å². The highest BCUT2D eigenvalue weighted by atomic mass is 32.1. The van der Waals surface area contributed by atoms with Gasteiger partial charge in [-0.05, 0) is 19.4 Å². The Morgan fingerprint density at radius 3 is 2.59 bits per heavy atom. The van der Waals surface area contributed by atoms with Gasteiger partial charge in [-0.3, -0.25) is 10.1 Å². The molecule has 0 amide bonds. The maximum atomic E-state index is 11.4. The second-order valence-electron chi connectivity index (χ2n) is 4.84. The quantitative estimate of drug-likeness (QED) is 0.783. The first-order chi connectivity index (χ1) is 10.7. The Hall–Kier alpha value is -1.92. The van der Waals surface area contributed by atoms with Crippen LogP contribution < -0.4 is 10.2 Å². The van der Waals surface area contributed by atoms with E-state index in [4.69, 9.17) is 0 Å². The Kier molecular flexibility index (Phi) is 5.91. The molecule has 2 aromatic rings. The molecule has 1 aromatic carbocycles. The highest BCUT2D eigenvalue weighted by molar-refractivity contribution is 7.15. The molecule has 0 saturated heterocycles. The van der Waals surface area contributed by atoms with Crippen LogP contribution in [0.5, 0.6) is 0 Å². The van der Waals surface area contributed by atoms with Gasteiger partial charge in [0.25, 0.3) is 0 Å². The van der Waals surface area contributed by atoms with E-state index in [0.29, 0.717) is 6.54 Å². The summed E-state index contributed by atoms with van der Waals surface area (Å²) in [5.41, 5.74) is 0.753. The summed E-state index contributed by atoms with van der Waals surface area (Å²) in [6.45, 7) is 6.51. The van der Waals surface area contributed by atoms with Crippen LogP contribution in [0.2, 0.25) is 0 Å². The molecule has 0 saturated carbocycles. The van der Waals surface area contributed by atoms with Crippen LogP contribution in [0, 0.1) is 0 Å². The van der Waals surface area contributed by atoms with E-state index in [0.717, 1.165) is 28.7 Å². The molecule has 0 fully saturated rings. The normalized spacial score (nSPS) is 12.1. The van der Waals surface area contributed by atoms with Crippen LogP contribution in [0.4, 0.5) is 5.13 Å².